The van der Waals surface area contributed by atoms with Gasteiger partial charge < -0.3 is 22.1 Å². The van der Waals surface area contributed by atoms with Gasteiger partial charge in [0.1, 0.15) is 11.9 Å². The standard InChI is InChI=1S/C24H27N5O2/c1-14(2)28-23(30)20-12-17(13-27-22(20)26)19-10-9-18(11-15(19)3)29-24(31)21(25)16-7-5-4-6-8-16/h4-14,21H,25H2,1-3H3,(H2,26,27)(H,28,30)(H,29,31). The fourth-order valence-corrected chi connectivity index (χ4v) is 3.24. The molecule has 0 aliphatic heterocycles. The van der Waals surface area contributed by atoms with E-state index in [1.54, 1.807) is 18.3 Å². The highest BCUT2D eigenvalue weighted by Crippen LogP contribution is 2.28. The molecule has 160 valence electrons. The van der Waals surface area contributed by atoms with Crippen LogP contribution in [-0.4, -0.2) is 22.8 Å². The second-order valence-electron chi connectivity index (χ2n) is 7.69. The number of hydrogen-bond donors (Lipinski definition) is 4. The van der Waals surface area contributed by atoms with Gasteiger partial charge >= 0.3 is 0 Å². The van der Waals surface area contributed by atoms with Gasteiger partial charge in [0.25, 0.3) is 5.91 Å². The van der Waals surface area contributed by atoms with E-state index in [2.05, 4.69) is 15.6 Å². The van der Waals surface area contributed by atoms with Crippen LogP contribution in [0.1, 0.15) is 41.4 Å². The molecule has 3 aromatic rings. The van der Waals surface area contributed by atoms with Gasteiger partial charge in [-0.3, -0.25) is 9.59 Å². The van der Waals surface area contributed by atoms with Crippen molar-refractivity contribution in [1.29, 1.82) is 0 Å². The Kier molecular flexibility index (Phi) is 6.67. The van der Waals surface area contributed by atoms with Crippen molar-refractivity contribution in [2.75, 3.05) is 11.1 Å². The second-order valence-corrected chi connectivity index (χ2v) is 7.69. The third-order valence-electron chi connectivity index (χ3n) is 4.83. The van der Waals surface area contributed by atoms with E-state index < -0.39 is 6.04 Å². The molecule has 1 aromatic heterocycles. The molecule has 0 fully saturated rings. The quantitative estimate of drug-likeness (QED) is 0.489. The van der Waals surface area contributed by atoms with Gasteiger partial charge in [-0.1, -0.05) is 36.4 Å². The molecule has 0 aliphatic carbocycles. The van der Waals surface area contributed by atoms with Crippen molar-refractivity contribution < 1.29 is 9.59 Å². The van der Waals surface area contributed by atoms with Gasteiger partial charge in [-0.25, -0.2) is 4.98 Å². The molecule has 31 heavy (non-hydrogen) atoms. The number of nitrogens with two attached hydrogens (primary N) is 2. The lowest BCUT2D eigenvalue weighted by Crippen LogP contribution is -2.30. The van der Waals surface area contributed by atoms with Crippen LogP contribution in [0.25, 0.3) is 11.1 Å². The molecule has 6 N–H and O–H groups in total. The number of benzene rings is 2. The lowest BCUT2D eigenvalue weighted by atomic mass is 9.99. The summed E-state index contributed by atoms with van der Waals surface area (Å²) in [6, 6.07) is 15.7. The summed E-state index contributed by atoms with van der Waals surface area (Å²) in [6.45, 7) is 5.69. The molecule has 7 heteroatoms. The summed E-state index contributed by atoms with van der Waals surface area (Å²) in [7, 11) is 0. The van der Waals surface area contributed by atoms with E-state index in [0.717, 1.165) is 22.3 Å². The lowest BCUT2D eigenvalue weighted by molar-refractivity contribution is -0.117. The number of aromatic nitrogens is 1. The number of carbonyl (C=O) groups is 2. The normalized spacial score (nSPS) is 11.8. The zero-order valence-corrected chi connectivity index (χ0v) is 17.8. The number of nitrogens with zero attached hydrogens (tertiary/aromatic N) is 1. The highest BCUT2D eigenvalue weighted by Gasteiger charge is 2.17. The van der Waals surface area contributed by atoms with Gasteiger partial charge in [-0.05, 0) is 55.7 Å². The Hall–Kier alpha value is -3.71. The number of amides is 2. The number of hydrogen-bond acceptors (Lipinski definition) is 5. The van der Waals surface area contributed by atoms with Crippen LogP contribution in [0.15, 0.2) is 60.8 Å². The van der Waals surface area contributed by atoms with Crippen molar-refractivity contribution in [3.63, 3.8) is 0 Å². The van der Waals surface area contributed by atoms with Crippen LogP contribution in [0.5, 0.6) is 0 Å². The van der Waals surface area contributed by atoms with Gasteiger partial charge in [-0.15, -0.1) is 0 Å². The minimum atomic E-state index is -0.760. The first kappa shape index (κ1) is 22.0. The molecule has 2 amide bonds. The molecule has 0 saturated heterocycles. The van der Waals surface area contributed by atoms with Crippen molar-refractivity contribution in [1.82, 2.24) is 10.3 Å². The van der Waals surface area contributed by atoms with E-state index >= 15 is 0 Å². The number of nitrogens with one attached hydrogen (secondary N) is 2. The summed E-state index contributed by atoms with van der Waals surface area (Å²) >= 11 is 0. The van der Waals surface area contributed by atoms with E-state index in [0.29, 0.717) is 11.3 Å². The molecular weight excluding hydrogens is 390 g/mol. The van der Waals surface area contributed by atoms with Gasteiger partial charge in [0, 0.05) is 23.5 Å². The number of pyridine rings is 1. The Balaban J connectivity index is 1.81. The minimum absolute atomic E-state index is 0.0116. The first-order valence-electron chi connectivity index (χ1n) is 10.0. The zero-order chi connectivity index (χ0) is 22.5. The molecule has 3 rings (SSSR count). The van der Waals surface area contributed by atoms with E-state index in [4.69, 9.17) is 11.5 Å². The molecule has 0 spiro atoms. The average Bonchev–Trinajstić information content (AvgIpc) is 2.74. The highest BCUT2D eigenvalue weighted by atomic mass is 16.2. The van der Waals surface area contributed by atoms with E-state index in [9.17, 15) is 9.59 Å². The maximum Gasteiger partial charge on any atom is 0.255 e. The van der Waals surface area contributed by atoms with Crippen molar-refractivity contribution in [3.8, 4) is 11.1 Å². The summed E-state index contributed by atoms with van der Waals surface area (Å²) in [5.41, 5.74) is 16.2. The fraction of sp³-hybridized carbons (Fsp3) is 0.208. The number of rotatable bonds is 6. The Bertz CT molecular complexity index is 1100. The van der Waals surface area contributed by atoms with Crippen LogP contribution in [0.2, 0.25) is 0 Å². The molecule has 1 heterocycles. The molecule has 7 nitrogen and oxygen atoms in total. The van der Waals surface area contributed by atoms with Crippen LogP contribution in [-0.2, 0) is 4.79 Å². The highest BCUT2D eigenvalue weighted by molar-refractivity contribution is 6.00. The van der Waals surface area contributed by atoms with Crippen molar-refractivity contribution in [2.45, 2.75) is 32.9 Å². The lowest BCUT2D eigenvalue weighted by Gasteiger charge is -2.15. The SMILES string of the molecule is Cc1cc(NC(=O)C(N)c2ccccc2)ccc1-c1cnc(N)c(C(=O)NC(C)C)c1. The monoisotopic (exact) mass is 417 g/mol. The van der Waals surface area contributed by atoms with Crippen LogP contribution in [0.3, 0.4) is 0 Å². The predicted octanol–water partition coefficient (Wildman–Crippen LogP) is 3.42. The molecule has 2 aromatic carbocycles. The van der Waals surface area contributed by atoms with E-state index in [-0.39, 0.29) is 23.7 Å². The van der Waals surface area contributed by atoms with Gasteiger partial charge in [0.2, 0.25) is 5.91 Å². The van der Waals surface area contributed by atoms with E-state index in [1.165, 1.54) is 0 Å². The van der Waals surface area contributed by atoms with Crippen LogP contribution in [0, 0.1) is 6.92 Å². The Morgan fingerprint density at radius 2 is 1.74 bits per heavy atom. The Morgan fingerprint density at radius 3 is 2.39 bits per heavy atom. The average molecular weight is 418 g/mol. The molecule has 0 bridgehead atoms. The van der Waals surface area contributed by atoms with Gasteiger partial charge in [0.05, 0.1) is 5.56 Å². The third kappa shape index (κ3) is 5.26. The summed E-state index contributed by atoms with van der Waals surface area (Å²) in [4.78, 5) is 29.1. The summed E-state index contributed by atoms with van der Waals surface area (Å²) in [6.07, 6.45) is 1.63. The number of carbonyl (C=O) groups excluding carboxylic acids is 2. The largest absolute Gasteiger partial charge is 0.383 e. The zero-order valence-electron chi connectivity index (χ0n) is 17.8. The molecule has 1 unspecified atom stereocenters. The van der Waals surface area contributed by atoms with Gasteiger partial charge in [0.15, 0.2) is 0 Å². The first-order chi connectivity index (χ1) is 14.8. The van der Waals surface area contributed by atoms with Crippen molar-refractivity contribution >= 4 is 23.3 Å². The van der Waals surface area contributed by atoms with Gasteiger partial charge in [-0.2, -0.15) is 0 Å². The molecule has 0 radical (unpaired) electrons. The van der Waals surface area contributed by atoms with Crippen molar-refractivity contribution in [2.24, 2.45) is 5.73 Å². The minimum Gasteiger partial charge on any atom is -0.383 e. The summed E-state index contributed by atoms with van der Waals surface area (Å²) in [5.74, 6) is -0.378. The predicted molar refractivity (Wildman–Crippen MR) is 123 cm³/mol. The molecular formula is C24H27N5O2. The second kappa shape index (κ2) is 9.40. The molecule has 0 aliphatic rings. The van der Waals surface area contributed by atoms with E-state index in [1.807, 2.05) is 63.2 Å². The summed E-state index contributed by atoms with van der Waals surface area (Å²) < 4.78 is 0. The Morgan fingerprint density at radius 1 is 1.03 bits per heavy atom. The molecule has 1 atom stereocenters. The van der Waals surface area contributed by atoms with Crippen LogP contribution in [0.4, 0.5) is 11.5 Å². The number of nitrogen functional groups attached to an aromatic ring is 1. The van der Waals surface area contributed by atoms with Crippen LogP contribution < -0.4 is 22.1 Å². The smallest absolute Gasteiger partial charge is 0.255 e. The summed E-state index contributed by atoms with van der Waals surface area (Å²) in [5, 5.41) is 5.69. The topological polar surface area (TPSA) is 123 Å². The Labute approximate surface area is 181 Å². The fourth-order valence-electron chi connectivity index (χ4n) is 3.24. The molecule has 0 saturated carbocycles. The first-order valence-corrected chi connectivity index (χ1v) is 10.0. The van der Waals surface area contributed by atoms with Crippen LogP contribution >= 0.6 is 0 Å². The maximum absolute atomic E-state index is 12.5. The third-order valence-corrected chi connectivity index (χ3v) is 4.83. The number of anilines is 2. The maximum atomic E-state index is 12.5. The number of aryl methyl sites for hydroxylation is 1. The van der Waals surface area contributed by atoms with Crippen molar-refractivity contribution in [3.05, 3.63) is 77.5 Å².